The van der Waals surface area contributed by atoms with Gasteiger partial charge in [0.15, 0.2) is 5.82 Å². The first-order valence-corrected chi connectivity index (χ1v) is 7.25. The molecule has 4 rings (SSSR count). The largest absolute Gasteiger partial charge is 0.398 e. The predicted octanol–water partition coefficient (Wildman–Crippen LogP) is 4.41. The van der Waals surface area contributed by atoms with E-state index in [2.05, 4.69) is 9.55 Å². The fraction of sp³-hybridized carbons (Fsp3) is 0.188. The third-order valence-corrected chi connectivity index (χ3v) is 4.18. The van der Waals surface area contributed by atoms with Crippen molar-refractivity contribution in [1.29, 1.82) is 0 Å². The zero-order valence-electron chi connectivity index (χ0n) is 11.2. The van der Waals surface area contributed by atoms with Gasteiger partial charge >= 0.3 is 0 Å². The Bertz CT molecular complexity index is 852. The SMILES string of the molecule is Nc1cc(-c2nc3c(F)cccc3n2C2CC2)ccc1Cl. The van der Waals surface area contributed by atoms with Crippen molar-refractivity contribution in [2.24, 2.45) is 0 Å². The van der Waals surface area contributed by atoms with E-state index in [0.717, 1.165) is 29.7 Å². The Labute approximate surface area is 126 Å². The maximum Gasteiger partial charge on any atom is 0.151 e. The highest BCUT2D eigenvalue weighted by Crippen LogP contribution is 2.42. The zero-order chi connectivity index (χ0) is 14.6. The lowest BCUT2D eigenvalue weighted by atomic mass is 10.2. The molecule has 1 saturated carbocycles. The van der Waals surface area contributed by atoms with Crippen molar-refractivity contribution in [3.63, 3.8) is 0 Å². The Kier molecular flexibility index (Phi) is 2.69. The number of hydrogen-bond acceptors (Lipinski definition) is 2. The normalized spacial score (nSPS) is 14.8. The highest BCUT2D eigenvalue weighted by Gasteiger charge is 2.29. The lowest BCUT2D eigenvalue weighted by molar-refractivity contribution is 0.637. The number of benzene rings is 2. The molecule has 1 fully saturated rings. The molecule has 0 bridgehead atoms. The summed E-state index contributed by atoms with van der Waals surface area (Å²) in [5.74, 6) is 0.455. The van der Waals surface area contributed by atoms with Crippen molar-refractivity contribution in [2.75, 3.05) is 5.73 Å². The number of nitrogens with zero attached hydrogens (tertiary/aromatic N) is 2. The van der Waals surface area contributed by atoms with Crippen LogP contribution >= 0.6 is 11.6 Å². The molecule has 0 aliphatic heterocycles. The number of anilines is 1. The van der Waals surface area contributed by atoms with Gasteiger partial charge in [0.2, 0.25) is 0 Å². The van der Waals surface area contributed by atoms with Crippen LogP contribution in [0.4, 0.5) is 10.1 Å². The van der Waals surface area contributed by atoms with Crippen LogP contribution < -0.4 is 5.73 Å². The minimum atomic E-state index is -0.296. The van der Waals surface area contributed by atoms with E-state index in [-0.39, 0.29) is 5.82 Å². The summed E-state index contributed by atoms with van der Waals surface area (Å²) in [5.41, 5.74) is 8.49. The number of imidazole rings is 1. The molecule has 3 nitrogen and oxygen atoms in total. The lowest BCUT2D eigenvalue weighted by Gasteiger charge is -2.08. The maximum atomic E-state index is 14.0. The number of para-hydroxylation sites is 1. The summed E-state index contributed by atoms with van der Waals surface area (Å²) >= 11 is 5.97. The molecule has 0 spiro atoms. The van der Waals surface area contributed by atoms with E-state index >= 15 is 0 Å². The summed E-state index contributed by atoms with van der Waals surface area (Å²) in [4.78, 5) is 4.50. The van der Waals surface area contributed by atoms with Crippen LogP contribution in [0.2, 0.25) is 5.02 Å². The van der Waals surface area contributed by atoms with Crippen molar-refractivity contribution < 1.29 is 4.39 Å². The number of fused-ring (bicyclic) bond motifs is 1. The van der Waals surface area contributed by atoms with Crippen LogP contribution in [0.15, 0.2) is 36.4 Å². The second kappa shape index (κ2) is 4.46. The van der Waals surface area contributed by atoms with Gasteiger partial charge in [0.05, 0.1) is 16.2 Å². The van der Waals surface area contributed by atoms with E-state index in [9.17, 15) is 4.39 Å². The number of aromatic nitrogens is 2. The molecule has 0 radical (unpaired) electrons. The molecule has 21 heavy (non-hydrogen) atoms. The van der Waals surface area contributed by atoms with Crippen LogP contribution in [0, 0.1) is 5.82 Å². The molecule has 1 heterocycles. The Morgan fingerprint density at radius 2 is 2.05 bits per heavy atom. The molecule has 106 valence electrons. The van der Waals surface area contributed by atoms with Crippen LogP contribution in [-0.4, -0.2) is 9.55 Å². The average Bonchev–Trinajstić information content (AvgIpc) is 3.22. The van der Waals surface area contributed by atoms with Crippen molar-refractivity contribution in [2.45, 2.75) is 18.9 Å². The average molecular weight is 302 g/mol. The number of halogens is 2. The van der Waals surface area contributed by atoms with Crippen LogP contribution in [0.5, 0.6) is 0 Å². The van der Waals surface area contributed by atoms with Gasteiger partial charge < -0.3 is 10.3 Å². The molecule has 1 aliphatic carbocycles. The quantitative estimate of drug-likeness (QED) is 0.712. The van der Waals surface area contributed by atoms with Crippen molar-refractivity contribution >= 4 is 28.3 Å². The smallest absolute Gasteiger partial charge is 0.151 e. The van der Waals surface area contributed by atoms with E-state index in [1.165, 1.54) is 6.07 Å². The van der Waals surface area contributed by atoms with Gasteiger partial charge in [0.25, 0.3) is 0 Å². The van der Waals surface area contributed by atoms with Crippen molar-refractivity contribution in [1.82, 2.24) is 9.55 Å². The van der Waals surface area contributed by atoms with Gasteiger partial charge in [-0.2, -0.15) is 0 Å². The number of rotatable bonds is 2. The van der Waals surface area contributed by atoms with E-state index in [4.69, 9.17) is 17.3 Å². The van der Waals surface area contributed by atoms with Gasteiger partial charge in [0, 0.05) is 11.6 Å². The Morgan fingerprint density at radius 3 is 2.76 bits per heavy atom. The summed E-state index contributed by atoms with van der Waals surface area (Å²) in [6.45, 7) is 0. The third-order valence-electron chi connectivity index (χ3n) is 3.84. The standard InChI is InChI=1S/C16H13ClFN3/c17-11-7-4-9(8-13(11)19)16-20-15-12(18)2-1-3-14(15)21(16)10-5-6-10/h1-4,7-8,10H,5-6,19H2. The van der Waals surface area contributed by atoms with Crippen molar-refractivity contribution in [3.8, 4) is 11.4 Å². The Balaban J connectivity index is 2.01. The van der Waals surface area contributed by atoms with Gasteiger partial charge in [-0.05, 0) is 43.2 Å². The topological polar surface area (TPSA) is 43.8 Å². The van der Waals surface area contributed by atoms with Gasteiger partial charge in [-0.3, -0.25) is 0 Å². The van der Waals surface area contributed by atoms with E-state index in [1.54, 1.807) is 18.2 Å². The summed E-state index contributed by atoms with van der Waals surface area (Å²) in [5, 5.41) is 0.513. The minimum Gasteiger partial charge on any atom is -0.398 e. The molecule has 0 amide bonds. The molecule has 2 aromatic carbocycles. The summed E-state index contributed by atoms with van der Waals surface area (Å²) in [6, 6.07) is 10.9. The molecular formula is C16H13ClFN3. The van der Waals surface area contributed by atoms with Crippen LogP contribution in [0.25, 0.3) is 22.4 Å². The first kappa shape index (κ1) is 12.7. The van der Waals surface area contributed by atoms with Crippen LogP contribution in [0.3, 0.4) is 0 Å². The molecular weight excluding hydrogens is 289 g/mol. The molecule has 0 unspecified atom stereocenters. The van der Waals surface area contributed by atoms with E-state index in [0.29, 0.717) is 22.3 Å². The number of nitrogens with two attached hydrogens (primary N) is 1. The van der Waals surface area contributed by atoms with Gasteiger partial charge in [-0.25, -0.2) is 9.37 Å². The van der Waals surface area contributed by atoms with Crippen LogP contribution in [0.1, 0.15) is 18.9 Å². The fourth-order valence-electron chi connectivity index (χ4n) is 2.67. The summed E-state index contributed by atoms with van der Waals surface area (Å²) in [7, 11) is 0. The molecule has 1 aromatic heterocycles. The molecule has 2 N–H and O–H groups in total. The van der Waals surface area contributed by atoms with Gasteiger partial charge in [0.1, 0.15) is 11.3 Å². The highest BCUT2D eigenvalue weighted by atomic mass is 35.5. The first-order chi connectivity index (χ1) is 10.1. The third kappa shape index (κ3) is 1.98. The maximum absolute atomic E-state index is 14.0. The highest BCUT2D eigenvalue weighted by molar-refractivity contribution is 6.33. The monoisotopic (exact) mass is 301 g/mol. The van der Waals surface area contributed by atoms with Gasteiger partial charge in [-0.1, -0.05) is 17.7 Å². The molecule has 0 saturated heterocycles. The van der Waals surface area contributed by atoms with Crippen molar-refractivity contribution in [3.05, 3.63) is 47.2 Å². The van der Waals surface area contributed by atoms with Gasteiger partial charge in [-0.15, -0.1) is 0 Å². The predicted molar refractivity (Wildman–Crippen MR) is 82.8 cm³/mol. The second-order valence-electron chi connectivity index (χ2n) is 5.38. The molecule has 1 aliphatic rings. The van der Waals surface area contributed by atoms with Crippen LogP contribution in [-0.2, 0) is 0 Å². The zero-order valence-corrected chi connectivity index (χ0v) is 11.9. The lowest BCUT2D eigenvalue weighted by Crippen LogP contribution is -1.98. The number of nitrogen functional groups attached to an aromatic ring is 1. The molecule has 0 atom stereocenters. The first-order valence-electron chi connectivity index (χ1n) is 6.87. The van der Waals surface area contributed by atoms with E-state index in [1.807, 2.05) is 12.1 Å². The Morgan fingerprint density at radius 1 is 1.24 bits per heavy atom. The molecule has 3 aromatic rings. The molecule has 5 heteroatoms. The summed E-state index contributed by atoms with van der Waals surface area (Å²) < 4.78 is 16.1. The van der Waals surface area contributed by atoms with E-state index < -0.39 is 0 Å². The minimum absolute atomic E-state index is 0.296. The Hall–Kier alpha value is -2.07. The number of hydrogen-bond donors (Lipinski definition) is 1. The second-order valence-corrected chi connectivity index (χ2v) is 5.79. The fourth-order valence-corrected chi connectivity index (χ4v) is 2.79. The summed E-state index contributed by atoms with van der Waals surface area (Å²) in [6.07, 6.45) is 2.19.